The van der Waals surface area contributed by atoms with Gasteiger partial charge in [-0.2, -0.15) is 13.2 Å². The number of hydrogen-bond donors (Lipinski definition) is 2. The lowest BCUT2D eigenvalue weighted by Crippen LogP contribution is -2.34. The van der Waals surface area contributed by atoms with Gasteiger partial charge in [0, 0.05) is 19.0 Å². The molecule has 0 radical (unpaired) electrons. The molecule has 116 valence electrons. The highest BCUT2D eigenvalue weighted by Gasteiger charge is 2.57. The number of halogens is 3. The third-order valence-corrected chi connectivity index (χ3v) is 3.69. The van der Waals surface area contributed by atoms with Crippen molar-refractivity contribution < 1.29 is 27.9 Å². The Kier molecular flexibility index (Phi) is 5.38. The molecule has 8 heteroatoms. The Labute approximate surface area is 115 Å². The van der Waals surface area contributed by atoms with Crippen LogP contribution in [0.1, 0.15) is 13.8 Å². The minimum absolute atomic E-state index is 0.362. The number of aliphatic carboxylic acids is 1. The van der Waals surface area contributed by atoms with E-state index >= 15 is 0 Å². The van der Waals surface area contributed by atoms with Crippen molar-refractivity contribution in [3.05, 3.63) is 0 Å². The van der Waals surface area contributed by atoms with Crippen LogP contribution in [0.2, 0.25) is 0 Å². The Hall–Kier alpha value is -1.31. The van der Waals surface area contributed by atoms with Crippen LogP contribution >= 0.6 is 0 Å². The van der Waals surface area contributed by atoms with Crippen molar-refractivity contribution in [2.75, 3.05) is 26.2 Å². The van der Waals surface area contributed by atoms with E-state index in [0.717, 1.165) is 26.2 Å². The molecule has 1 heterocycles. The lowest BCUT2D eigenvalue weighted by Gasteiger charge is -2.19. The van der Waals surface area contributed by atoms with E-state index in [-0.39, 0.29) is 0 Å². The molecule has 0 aromatic rings. The number of carbonyl (C=O) groups excluding carboxylic acids is 1. The maximum absolute atomic E-state index is 11.9. The fourth-order valence-corrected chi connectivity index (χ4v) is 2.53. The largest absolute Gasteiger partial charge is 0.490 e. The monoisotopic (exact) mass is 296 g/mol. The van der Waals surface area contributed by atoms with Crippen molar-refractivity contribution in [3.8, 4) is 0 Å². The summed E-state index contributed by atoms with van der Waals surface area (Å²) in [6.45, 7) is 7.94. The van der Waals surface area contributed by atoms with Crippen molar-refractivity contribution in [2.45, 2.75) is 20.0 Å². The number of piperidine rings is 1. The molecule has 2 aliphatic rings. The van der Waals surface area contributed by atoms with Crippen LogP contribution < -0.4 is 5.32 Å². The summed E-state index contributed by atoms with van der Waals surface area (Å²) in [7, 11) is 0. The molecule has 2 rings (SSSR count). The zero-order valence-corrected chi connectivity index (χ0v) is 11.4. The molecule has 2 fully saturated rings. The predicted octanol–water partition coefficient (Wildman–Crippen LogP) is 0.954. The molecule has 0 aromatic carbocycles. The van der Waals surface area contributed by atoms with E-state index in [4.69, 9.17) is 9.90 Å². The second-order valence-corrected chi connectivity index (χ2v) is 4.83. The van der Waals surface area contributed by atoms with Gasteiger partial charge in [0.2, 0.25) is 5.91 Å². The fraction of sp³-hybridized carbons (Fsp3) is 0.833. The Morgan fingerprint density at radius 1 is 1.20 bits per heavy atom. The molecule has 1 aliphatic heterocycles. The van der Waals surface area contributed by atoms with Gasteiger partial charge in [-0.1, -0.05) is 0 Å². The van der Waals surface area contributed by atoms with Gasteiger partial charge in [-0.3, -0.25) is 4.79 Å². The van der Waals surface area contributed by atoms with Crippen LogP contribution in [0.4, 0.5) is 13.2 Å². The molecule has 0 aromatic heterocycles. The van der Waals surface area contributed by atoms with Gasteiger partial charge in [-0.05, 0) is 38.8 Å². The zero-order valence-electron chi connectivity index (χ0n) is 11.4. The molecule has 1 unspecified atom stereocenters. The summed E-state index contributed by atoms with van der Waals surface area (Å²) >= 11 is 0. The summed E-state index contributed by atoms with van der Waals surface area (Å²) in [6.07, 6.45) is -5.08. The van der Waals surface area contributed by atoms with Gasteiger partial charge >= 0.3 is 12.1 Å². The van der Waals surface area contributed by atoms with Crippen molar-refractivity contribution in [2.24, 2.45) is 17.8 Å². The van der Waals surface area contributed by atoms with Gasteiger partial charge in [-0.25, -0.2) is 4.79 Å². The third kappa shape index (κ3) is 3.84. The Balaban J connectivity index is 0.000000246. The molecule has 1 amide bonds. The fourth-order valence-electron chi connectivity index (χ4n) is 2.53. The molecular weight excluding hydrogens is 277 g/mol. The first-order valence-electron chi connectivity index (χ1n) is 6.53. The van der Waals surface area contributed by atoms with E-state index in [1.807, 2.05) is 4.90 Å². The molecular formula is C12H19F3N2O3. The number of fused-ring (bicyclic) bond motifs is 1. The average Bonchev–Trinajstić information content (AvgIpc) is 2.83. The first-order chi connectivity index (χ1) is 9.23. The van der Waals surface area contributed by atoms with E-state index in [9.17, 15) is 18.0 Å². The summed E-state index contributed by atoms with van der Waals surface area (Å²) in [5, 5.41) is 10.4. The molecule has 1 saturated carbocycles. The van der Waals surface area contributed by atoms with Crippen LogP contribution in [-0.2, 0) is 9.59 Å². The van der Waals surface area contributed by atoms with Crippen LogP contribution in [0.25, 0.3) is 0 Å². The first-order valence-corrected chi connectivity index (χ1v) is 6.53. The lowest BCUT2D eigenvalue weighted by molar-refractivity contribution is -0.192. The van der Waals surface area contributed by atoms with Crippen molar-refractivity contribution in [3.63, 3.8) is 0 Å². The Morgan fingerprint density at radius 2 is 1.60 bits per heavy atom. The number of carboxylic acids is 1. The first kappa shape index (κ1) is 16.7. The summed E-state index contributed by atoms with van der Waals surface area (Å²) < 4.78 is 31.7. The van der Waals surface area contributed by atoms with Gasteiger partial charge in [-0.15, -0.1) is 0 Å². The smallest absolute Gasteiger partial charge is 0.475 e. The average molecular weight is 296 g/mol. The number of carbonyl (C=O) groups is 2. The van der Waals surface area contributed by atoms with Gasteiger partial charge in [0.1, 0.15) is 0 Å². The Bertz CT molecular complexity index is 359. The van der Waals surface area contributed by atoms with E-state index in [0.29, 0.717) is 23.7 Å². The molecule has 3 atom stereocenters. The standard InChI is InChI=1S/C10H18N2O.C2HF3O2/c1-3-12(4-2)10(13)9-7-5-11-6-8(7)9;3-2(4,5)1(6)7/h7-9,11H,3-6H2,1-2H3;(H,6,7)/t7-,8+,9?;. The van der Waals surface area contributed by atoms with Crippen molar-refractivity contribution in [1.82, 2.24) is 10.2 Å². The second-order valence-electron chi connectivity index (χ2n) is 4.83. The van der Waals surface area contributed by atoms with E-state index in [1.165, 1.54) is 0 Å². The molecule has 2 N–H and O–H groups in total. The molecule has 5 nitrogen and oxygen atoms in total. The van der Waals surface area contributed by atoms with Crippen molar-refractivity contribution >= 4 is 11.9 Å². The minimum atomic E-state index is -5.08. The van der Waals surface area contributed by atoms with Gasteiger partial charge < -0.3 is 15.3 Å². The van der Waals surface area contributed by atoms with Crippen LogP contribution in [0.3, 0.4) is 0 Å². The number of amides is 1. The topological polar surface area (TPSA) is 69.6 Å². The predicted molar refractivity (Wildman–Crippen MR) is 65.0 cm³/mol. The lowest BCUT2D eigenvalue weighted by atomic mass is 10.2. The zero-order chi connectivity index (χ0) is 15.5. The van der Waals surface area contributed by atoms with Crippen molar-refractivity contribution in [1.29, 1.82) is 0 Å². The van der Waals surface area contributed by atoms with E-state index in [1.54, 1.807) is 0 Å². The molecule has 1 saturated heterocycles. The SMILES string of the molecule is CCN(CC)C(=O)C1[C@H]2CNC[C@@H]12.O=C(O)C(F)(F)F. The number of nitrogens with zero attached hydrogens (tertiary/aromatic N) is 1. The number of carboxylic acid groups (broad SMARTS) is 1. The van der Waals surface area contributed by atoms with Gasteiger partial charge in [0.25, 0.3) is 0 Å². The van der Waals surface area contributed by atoms with E-state index in [2.05, 4.69) is 19.2 Å². The second kappa shape index (κ2) is 6.43. The highest BCUT2D eigenvalue weighted by molar-refractivity contribution is 5.82. The number of nitrogens with one attached hydrogen (secondary N) is 1. The van der Waals surface area contributed by atoms with Crippen LogP contribution in [0.15, 0.2) is 0 Å². The molecule has 0 bridgehead atoms. The molecule has 1 aliphatic carbocycles. The van der Waals surface area contributed by atoms with Crippen LogP contribution in [0, 0.1) is 17.8 Å². The third-order valence-electron chi connectivity index (χ3n) is 3.69. The quantitative estimate of drug-likeness (QED) is 0.813. The summed E-state index contributed by atoms with van der Waals surface area (Å²) in [4.78, 5) is 22.7. The van der Waals surface area contributed by atoms with Crippen LogP contribution in [-0.4, -0.2) is 54.2 Å². The maximum Gasteiger partial charge on any atom is 0.490 e. The summed E-state index contributed by atoms with van der Waals surface area (Å²) in [6, 6.07) is 0. The normalized spacial score (nSPS) is 27.1. The Morgan fingerprint density at radius 3 is 1.90 bits per heavy atom. The van der Waals surface area contributed by atoms with Crippen LogP contribution in [0.5, 0.6) is 0 Å². The highest BCUT2D eigenvalue weighted by atomic mass is 19.4. The number of rotatable bonds is 3. The molecule has 0 spiro atoms. The maximum atomic E-state index is 11.9. The number of hydrogen-bond acceptors (Lipinski definition) is 3. The highest BCUT2D eigenvalue weighted by Crippen LogP contribution is 2.49. The molecule has 20 heavy (non-hydrogen) atoms. The summed E-state index contributed by atoms with van der Waals surface area (Å²) in [5.41, 5.74) is 0. The van der Waals surface area contributed by atoms with Gasteiger partial charge in [0.05, 0.1) is 0 Å². The summed E-state index contributed by atoms with van der Waals surface area (Å²) in [5.74, 6) is -0.684. The van der Waals surface area contributed by atoms with E-state index < -0.39 is 12.1 Å². The minimum Gasteiger partial charge on any atom is -0.475 e. The number of alkyl halides is 3. The van der Waals surface area contributed by atoms with Gasteiger partial charge in [0.15, 0.2) is 0 Å².